The summed E-state index contributed by atoms with van der Waals surface area (Å²) < 4.78 is 2.28. The second-order valence-electron chi connectivity index (χ2n) is 6.65. The average molecular weight is 243 g/mol. The molecule has 0 aliphatic carbocycles. The zero-order chi connectivity index (χ0) is 13.8. The predicted molar refractivity (Wildman–Crippen MR) is 80.6 cm³/mol. The van der Waals surface area contributed by atoms with Crippen molar-refractivity contribution < 1.29 is 0 Å². The van der Waals surface area contributed by atoms with Crippen molar-refractivity contribution in [3.8, 4) is 0 Å². The van der Waals surface area contributed by atoms with Gasteiger partial charge in [0.25, 0.3) is 0 Å². The standard InChI is InChI=1S/C17H25N/c1-10-9-18(8)16-13(4)15(17(5,6)7)12(3)11(2)14(10)16/h9H,1-8H3. The number of nitrogens with zero attached hydrogens (tertiary/aromatic N) is 1. The Morgan fingerprint density at radius 1 is 0.889 bits per heavy atom. The molecule has 18 heavy (non-hydrogen) atoms. The molecule has 0 saturated heterocycles. The van der Waals surface area contributed by atoms with E-state index in [4.69, 9.17) is 0 Å². The molecular formula is C17H25N. The quantitative estimate of drug-likeness (QED) is 0.631. The molecule has 0 atom stereocenters. The first-order valence-electron chi connectivity index (χ1n) is 6.72. The fourth-order valence-corrected chi connectivity index (χ4v) is 3.61. The Balaban J connectivity index is 3.05. The van der Waals surface area contributed by atoms with Crippen LogP contribution in [0.15, 0.2) is 6.20 Å². The Bertz CT molecular complexity index is 622. The van der Waals surface area contributed by atoms with Gasteiger partial charge in [0, 0.05) is 18.6 Å². The van der Waals surface area contributed by atoms with Crippen molar-refractivity contribution in [2.75, 3.05) is 0 Å². The van der Waals surface area contributed by atoms with Crippen LogP contribution in [0.4, 0.5) is 0 Å². The van der Waals surface area contributed by atoms with E-state index in [0.717, 1.165) is 0 Å². The van der Waals surface area contributed by atoms with Gasteiger partial charge >= 0.3 is 0 Å². The second kappa shape index (κ2) is 3.88. The van der Waals surface area contributed by atoms with Crippen LogP contribution in [0.5, 0.6) is 0 Å². The minimum Gasteiger partial charge on any atom is -0.350 e. The van der Waals surface area contributed by atoms with Gasteiger partial charge in [-0.3, -0.25) is 0 Å². The third kappa shape index (κ3) is 1.68. The van der Waals surface area contributed by atoms with Crippen molar-refractivity contribution in [1.29, 1.82) is 0 Å². The summed E-state index contributed by atoms with van der Waals surface area (Å²) in [4.78, 5) is 0. The zero-order valence-electron chi connectivity index (χ0n) is 13.0. The van der Waals surface area contributed by atoms with E-state index in [2.05, 4.69) is 66.3 Å². The molecule has 0 bridgehead atoms. The van der Waals surface area contributed by atoms with Gasteiger partial charge in [0.05, 0.1) is 5.52 Å². The van der Waals surface area contributed by atoms with Crippen LogP contribution in [0.3, 0.4) is 0 Å². The number of fused-ring (bicyclic) bond motifs is 1. The molecule has 0 unspecified atom stereocenters. The fourth-order valence-electron chi connectivity index (χ4n) is 3.61. The van der Waals surface area contributed by atoms with Crippen LogP contribution in [-0.2, 0) is 12.5 Å². The Morgan fingerprint density at radius 2 is 1.44 bits per heavy atom. The maximum atomic E-state index is 2.31. The van der Waals surface area contributed by atoms with Crippen LogP contribution >= 0.6 is 0 Å². The molecule has 1 aromatic carbocycles. The van der Waals surface area contributed by atoms with Crippen LogP contribution in [0.25, 0.3) is 10.9 Å². The lowest BCUT2D eigenvalue weighted by Crippen LogP contribution is -2.16. The SMILES string of the molecule is Cc1c(C(C)(C)C)c(C)c2c(c(C)cn2C)c1C. The molecule has 2 rings (SSSR count). The minimum atomic E-state index is 0.200. The van der Waals surface area contributed by atoms with E-state index >= 15 is 0 Å². The van der Waals surface area contributed by atoms with Crippen molar-refractivity contribution >= 4 is 10.9 Å². The van der Waals surface area contributed by atoms with Gasteiger partial charge in [0.2, 0.25) is 0 Å². The van der Waals surface area contributed by atoms with Crippen molar-refractivity contribution in [2.24, 2.45) is 7.05 Å². The summed E-state index contributed by atoms with van der Waals surface area (Å²) in [5.74, 6) is 0. The molecule has 0 saturated carbocycles. The summed E-state index contributed by atoms with van der Waals surface area (Å²) in [6, 6.07) is 0. The lowest BCUT2D eigenvalue weighted by Gasteiger charge is -2.27. The van der Waals surface area contributed by atoms with Gasteiger partial charge in [-0.15, -0.1) is 0 Å². The fraction of sp³-hybridized carbons (Fsp3) is 0.529. The molecule has 1 aromatic heterocycles. The maximum absolute atomic E-state index is 2.31. The highest BCUT2D eigenvalue weighted by Gasteiger charge is 2.24. The topological polar surface area (TPSA) is 4.93 Å². The number of aryl methyl sites for hydroxylation is 4. The minimum absolute atomic E-state index is 0.200. The summed E-state index contributed by atoms with van der Waals surface area (Å²) in [6.45, 7) is 15.9. The number of aromatic nitrogens is 1. The average Bonchev–Trinajstić information content (AvgIpc) is 2.49. The number of hydrogen-bond acceptors (Lipinski definition) is 0. The van der Waals surface area contributed by atoms with Gasteiger partial charge < -0.3 is 4.57 Å². The number of rotatable bonds is 0. The summed E-state index contributed by atoms with van der Waals surface area (Å²) in [5.41, 5.74) is 8.84. The van der Waals surface area contributed by atoms with Crippen LogP contribution in [0, 0.1) is 27.7 Å². The van der Waals surface area contributed by atoms with Crippen LogP contribution in [-0.4, -0.2) is 4.57 Å². The van der Waals surface area contributed by atoms with E-state index in [-0.39, 0.29) is 5.41 Å². The molecule has 0 aliphatic rings. The first-order chi connectivity index (χ1) is 8.16. The molecule has 0 spiro atoms. The van der Waals surface area contributed by atoms with Gasteiger partial charge in [-0.05, 0) is 60.9 Å². The second-order valence-corrected chi connectivity index (χ2v) is 6.65. The normalized spacial score (nSPS) is 12.4. The Morgan fingerprint density at radius 3 is 1.94 bits per heavy atom. The smallest absolute Gasteiger partial charge is 0.0516 e. The molecule has 0 radical (unpaired) electrons. The van der Waals surface area contributed by atoms with Crippen LogP contribution in [0.1, 0.15) is 48.6 Å². The maximum Gasteiger partial charge on any atom is 0.0516 e. The van der Waals surface area contributed by atoms with Gasteiger partial charge in [0.1, 0.15) is 0 Å². The first kappa shape index (κ1) is 13.2. The highest BCUT2D eigenvalue weighted by molar-refractivity contribution is 5.92. The van der Waals surface area contributed by atoms with E-state index in [9.17, 15) is 0 Å². The number of benzene rings is 1. The van der Waals surface area contributed by atoms with Crippen molar-refractivity contribution in [1.82, 2.24) is 4.57 Å². The summed E-state index contributed by atoms with van der Waals surface area (Å²) >= 11 is 0. The molecule has 1 heteroatoms. The molecular weight excluding hydrogens is 218 g/mol. The Labute approximate surface area is 111 Å². The lowest BCUT2D eigenvalue weighted by atomic mass is 9.78. The van der Waals surface area contributed by atoms with Crippen molar-refractivity contribution in [3.63, 3.8) is 0 Å². The monoisotopic (exact) mass is 243 g/mol. The van der Waals surface area contributed by atoms with E-state index in [0.29, 0.717) is 0 Å². The summed E-state index contributed by atoms with van der Waals surface area (Å²) in [6.07, 6.45) is 2.25. The molecule has 2 aromatic rings. The molecule has 1 heterocycles. The third-order valence-electron chi connectivity index (χ3n) is 4.16. The van der Waals surface area contributed by atoms with Crippen molar-refractivity contribution in [3.05, 3.63) is 34.0 Å². The molecule has 0 aliphatic heterocycles. The molecule has 0 N–H and O–H groups in total. The molecule has 98 valence electrons. The lowest BCUT2D eigenvalue weighted by molar-refractivity contribution is 0.582. The largest absolute Gasteiger partial charge is 0.350 e. The van der Waals surface area contributed by atoms with Crippen LogP contribution in [0.2, 0.25) is 0 Å². The van der Waals surface area contributed by atoms with E-state index < -0.39 is 0 Å². The van der Waals surface area contributed by atoms with E-state index in [1.807, 2.05) is 0 Å². The molecule has 0 amide bonds. The highest BCUT2D eigenvalue weighted by Crippen LogP contribution is 2.38. The van der Waals surface area contributed by atoms with E-state index in [1.165, 1.54) is 38.7 Å². The highest BCUT2D eigenvalue weighted by atomic mass is 14.9. The molecule has 0 fully saturated rings. The predicted octanol–water partition coefficient (Wildman–Crippen LogP) is 4.71. The first-order valence-corrected chi connectivity index (χ1v) is 6.72. The summed E-state index contributed by atoms with van der Waals surface area (Å²) in [7, 11) is 2.16. The van der Waals surface area contributed by atoms with Crippen molar-refractivity contribution in [2.45, 2.75) is 53.9 Å². The Hall–Kier alpha value is -1.24. The third-order valence-corrected chi connectivity index (χ3v) is 4.16. The van der Waals surface area contributed by atoms with Gasteiger partial charge in [0.15, 0.2) is 0 Å². The van der Waals surface area contributed by atoms with Crippen LogP contribution < -0.4 is 0 Å². The van der Waals surface area contributed by atoms with Gasteiger partial charge in [-0.1, -0.05) is 20.8 Å². The number of hydrogen-bond donors (Lipinski definition) is 0. The summed E-state index contributed by atoms with van der Waals surface area (Å²) in [5, 5.41) is 1.44. The van der Waals surface area contributed by atoms with E-state index in [1.54, 1.807) is 0 Å². The van der Waals surface area contributed by atoms with Gasteiger partial charge in [-0.2, -0.15) is 0 Å². The Kier molecular flexibility index (Phi) is 2.84. The zero-order valence-corrected chi connectivity index (χ0v) is 13.0. The van der Waals surface area contributed by atoms with Gasteiger partial charge in [-0.25, -0.2) is 0 Å². The molecule has 1 nitrogen and oxygen atoms in total.